The molecule has 0 saturated carbocycles. The van der Waals surface area contributed by atoms with Crippen LogP contribution >= 0.6 is 0 Å². The second-order valence-corrected chi connectivity index (χ2v) is 9.28. The Morgan fingerprint density at radius 2 is 1.32 bits per heavy atom. The molecule has 4 heterocycles. The maximum atomic E-state index is 10.1. The summed E-state index contributed by atoms with van der Waals surface area (Å²) in [7, 11) is 0. The van der Waals surface area contributed by atoms with Crippen molar-refractivity contribution in [3.05, 3.63) is 146 Å². The van der Waals surface area contributed by atoms with Crippen molar-refractivity contribution in [2.75, 3.05) is 0 Å². The summed E-state index contributed by atoms with van der Waals surface area (Å²) < 4.78 is 0. The van der Waals surface area contributed by atoms with Gasteiger partial charge in [0.15, 0.2) is 6.71 Å². The number of rotatable bonds is 4. The van der Waals surface area contributed by atoms with Crippen molar-refractivity contribution in [1.82, 2.24) is 15.0 Å². The van der Waals surface area contributed by atoms with E-state index in [2.05, 4.69) is 101 Å². The summed E-state index contributed by atoms with van der Waals surface area (Å²) in [6.07, 6.45) is 7.03. The van der Waals surface area contributed by atoms with E-state index in [0.717, 1.165) is 16.7 Å². The van der Waals surface area contributed by atoms with Crippen LogP contribution in [0.3, 0.4) is 0 Å². The van der Waals surface area contributed by atoms with E-state index >= 15 is 0 Å². The number of benzene rings is 3. The Bertz CT molecular complexity index is 1680. The number of hydrogen-bond donors (Lipinski definition) is 1. The summed E-state index contributed by atoms with van der Waals surface area (Å²) in [5.74, 6) is -0.990. The van der Waals surface area contributed by atoms with E-state index in [0.29, 0.717) is 0 Å². The fourth-order valence-corrected chi connectivity index (χ4v) is 5.23. The quantitative estimate of drug-likeness (QED) is 0.208. The van der Waals surface area contributed by atoms with Gasteiger partial charge in [0.05, 0.1) is 0 Å². The molecule has 1 aliphatic heterocycles. The Balaban J connectivity index is 0.000000291. The Morgan fingerprint density at radius 3 is 1.90 bits per heavy atom. The van der Waals surface area contributed by atoms with Gasteiger partial charge >= 0.3 is 5.97 Å². The topological polar surface area (TPSA) is 76.0 Å². The molecule has 0 saturated heterocycles. The number of nitrogens with zero attached hydrogens (tertiary/aromatic N) is 3. The number of carboxylic acids is 1. The molecule has 0 amide bonds. The van der Waals surface area contributed by atoms with Crippen molar-refractivity contribution in [3.63, 3.8) is 0 Å². The molecule has 3 aromatic heterocycles. The van der Waals surface area contributed by atoms with Crippen molar-refractivity contribution in [3.8, 4) is 33.5 Å². The average molecular weight is 711 g/mol. The van der Waals surface area contributed by atoms with Gasteiger partial charge in [-0.2, -0.15) is 11.6 Å². The summed E-state index contributed by atoms with van der Waals surface area (Å²) in [6, 6.07) is 40.2. The van der Waals surface area contributed by atoms with E-state index in [1.54, 1.807) is 18.3 Å². The third-order valence-corrected chi connectivity index (χ3v) is 6.93. The molecule has 0 radical (unpaired) electrons. The van der Waals surface area contributed by atoms with Gasteiger partial charge < -0.3 is 10.1 Å². The molecule has 0 bridgehead atoms. The van der Waals surface area contributed by atoms with Crippen LogP contribution in [0.25, 0.3) is 33.5 Å². The summed E-state index contributed by atoms with van der Waals surface area (Å²) in [5, 5.41) is 8.32. The van der Waals surface area contributed by atoms with Crippen LogP contribution in [0.5, 0.6) is 0 Å². The molecular formula is C34H23BN3O2Pt-. The molecule has 200 valence electrons. The zero-order valence-corrected chi connectivity index (χ0v) is 24.1. The molecule has 3 aromatic carbocycles. The van der Waals surface area contributed by atoms with E-state index < -0.39 is 5.97 Å². The first-order valence-electron chi connectivity index (χ1n) is 12.9. The Kier molecular flexibility index (Phi) is 8.62. The Morgan fingerprint density at radius 1 is 0.683 bits per heavy atom. The van der Waals surface area contributed by atoms with Crippen LogP contribution in [-0.4, -0.2) is 32.7 Å². The average Bonchev–Trinajstić information content (AvgIpc) is 3.36. The van der Waals surface area contributed by atoms with E-state index in [9.17, 15) is 4.79 Å². The van der Waals surface area contributed by atoms with Crippen LogP contribution in [0.1, 0.15) is 10.5 Å². The number of hydrogen-bond acceptors (Lipinski definition) is 4. The maximum Gasteiger partial charge on any atom is 0.354 e. The van der Waals surface area contributed by atoms with E-state index in [4.69, 9.17) is 10.1 Å². The SMILES string of the molecule is O=C(O)c1ccccn1.[Pt].[c-]1cncc2c1-c1ncccc1B2c1c(-c2ccccc2)cccc1-c1ccccc1. The van der Waals surface area contributed by atoms with Gasteiger partial charge in [0.1, 0.15) is 5.69 Å². The molecule has 0 aliphatic carbocycles. The van der Waals surface area contributed by atoms with Crippen LogP contribution in [0, 0.1) is 6.07 Å². The van der Waals surface area contributed by atoms with Crippen molar-refractivity contribution < 1.29 is 31.0 Å². The van der Waals surface area contributed by atoms with Gasteiger partial charge in [-0.3, -0.25) is 4.98 Å². The van der Waals surface area contributed by atoms with Crippen molar-refractivity contribution in [1.29, 1.82) is 0 Å². The van der Waals surface area contributed by atoms with Crippen molar-refractivity contribution in [2.24, 2.45) is 0 Å². The minimum Gasteiger partial charge on any atom is -0.477 e. The summed E-state index contributed by atoms with van der Waals surface area (Å²) >= 11 is 0. The third-order valence-electron chi connectivity index (χ3n) is 6.93. The standard InChI is InChI=1S/C28H18BN2.C6H5NO2.Pt/c1-3-9-20(10-4-1)22-13-7-14-23(21-11-5-2-6-12-21)27(22)29-25-15-8-17-31-28(25)24-16-18-30-19-26(24)29;8-6(9)5-3-1-2-4-7-5;/h1-15,17-19H;1-4H,(H,8,9);/q-1;;. The van der Waals surface area contributed by atoms with Crippen LogP contribution in [0.4, 0.5) is 0 Å². The molecule has 7 rings (SSSR count). The minimum atomic E-state index is -0.990. The molecule has 0 atom stereocenters. The first-order valence-corrected chi connectivity index (χ1v) is 12.9. The molecule has 6 aromatic rings. The van der Waals surface area contributed by atoms with Gasteiger partial charge in [-0.15, -0.1) is 10.9 Å². The molecule has 41 heavy (non-hydrogen) atoms. The minimum absolute atomic E-state index is 0. The van der Waals surface area contributed by atoms with Crippen LogP contribution < -0.4 is 16.4 Å². The van der Waals surface area contributed by atoms with Crippen molar-refractivity contribution >= 4 is 29.1 Å². The predicted octanol–water partition coefficient (Wildman–Crippen LogP) is 4.88. The normalized spacial score (nSPS) is 10.9. The first-order chi connectivity index (χ1) is 19.7. The second-order valence-electron chi connectivity index (χ2n) is 9.28. The summed E-state index contributed by atoms with van der Waals surface area (Å²) in [4.78, 5) is 22.9. The monoisotopic (exact) mass is 711 g/mol. The molecule has 0 unspecified atom stereocenters. The summed E-state index contributed by atoms with van der Waals surface area (Å²) in [6.45, 7) is 0.0512. The first kappa shape index (κ1) is 27.9. The molecule has 0 fully saturated rings. The van der Waals surface area contributed by atoms with E-state index in [1.165, 1.54) is 45.4 Å². The molecule has 7 heteroatoms. The maximum absolute atomic E-state index is 10.1. The van der Waals surface area contributed by atoms with Crippen LogP contribution in [-0.2, 0) is 21.1 Å². The number of aromatic nitrogens is 3. The van der Waals surface area contributed by atoms with Crippen LogP contribution in [0.2, 0.25) is 0 Å². The number of aromatic carboxylic acids is 1. The molecule has 1 N–H and O–H groups in total. The number of carboxylic acid groups (broad SMARTS) is 1. The van der Waals surface area contributed by atoms with Crippen molar-refractivity contribution in [2.45, 2.75) is 0 Å². The number of fused-ring (bicyclic) bond motifs is 3. The van der Waals surface area contributed by atoms with Gasteiger partial charge in [0.25, 0.3) is 0 Å². The zero-order valence-electron chi connectivity index (χ0n) is 21.8. The largest absolute Gasteiger partial charge is 0.477 e. The number of pyridine rings is 3. The predicted molar refractivity (Wildman–Crippen MR) is 159 cm³/mol. The Labute approximate surface area is 253 Å². The smallest absolute Gasteiger partial charge is 0.354 e. The number of carbonyl (C=O) groups is 1. The Hall–Kier alpha value is -4.67. The van der Waals surface area contributed by atoms with Gasteiger partial charge in [-0.25, -0.2) is 9.78 Å². The van der Waals surface area contributed by atoms with E-state index in [1.807, 2.05) is 18.5 Å². The van der Waals surface area contributed by atoms with Gasteiger partial charge in [0.2, 0.25) is 0 Å². The van der Waals surface area contributed by atoms with Gasteiger partial charge in [-0.1, -0.05) is 96.5 Å². The fraction of sp³-hybridized carbons (Fsp3) is 0. The zero-order chi connectivity index (χ0) is 27.3. The molecule has 0 spiro atoms. The molecular weight excluding hydrogens is 688 g/mol. The van der Waals surface area contributed by atoms with Crippen LogP contribution in [0.15, 0.2) is 134 Å². The molecule has 1 aliphatic rings. The second kappa shape index (κ2) is 12.7. The molecule has 5 nitrogen and oxygen atoms in total. The van der Waals surface area contributed by atoms with Gasteiger partial charge in [-0.05, 0) is 58.5 Å². The third kappa shape index (κ3) is 5.65. The van der Waals surface area contributed by atoms with Gasteiger partial charge in [0, 0.05) is 33.5 Å². The fourth-order valence-electron chi connectivity index (χ4n) is 5.23. The summed E-state index contributed by atoms with van der Waals surface area (Å²) in [5.41, 5.74) is 10.7. The van der Waals surface area contributed by atoms with E-state index in [-0.39, 0.29) is 33.5 Å².